The number of benzene rings is 4. The Balaban J connectivity index is 1.86. The summed E-state index contributed by atoms with van der Waals surface area (Å²) in [6.45, 7) is 4.21. The number of nitrogens with one attached hydrogen (secondary N) is 1. The monoisotopic (exact) mass is 726 g/mol. The van der Waals surface area contributed by atoms with Crippen molar-refractivity contribution in [3.63, 3.8) is 0 Å². The molecule has 4 aromatic carbocycles. The molecule has 1 atom stereocenters. The van der Waals surface area contributed by atoms with E-state index < -0.39 is 45.0 Å². The molecule has 0 aliphatic heterocycles. The van der Waals surface area contributed by atoms with E-state index in [0.717, 1.165) is 15.9 Å². The minimum Gasteiger partial charge on any atom is -0.497 e. The zero-order chi connectivity index (χ0) is 35.9. The maximum absolute atomic E-state index is 14.6. The van der Waals surface area contributed by atoms with Gasteiger partial charge in [0.2, 0.25) is 11.8 Å². The van der Waals surface area contributed by atoms with E-state index in [9.17, 15) is 28.1 Å². The van der Waals surface area contributed by atoms with Crippen LogP contribution in [0.5, 0.6) is 5.75 Å². The molecule has 49 heavy (non-hydrogen) atoms. The lowest BCUT2D eigenvalue weighted by atomic mass is 10.0. The van der Waals surface area contributed by atoms with Crippen molar-refractivity contribution in [2.45, 2.75) is 50.7 Å². The largest absolute Gasteiger partial charge is 0.497 e. The normalized spacial score (nSPS) is 11.9. The second kappa shape index (κ2) is 16.2. The van der Waals surface area contributed by atoms with Gasteiger partial charge in [-0.2, -0.15) is 0 Å². The molecule has 0 heterocycles. The van der Waals surface area contributed by atoms with Crippen LogP contribution in [0.4, 0.5) is 11.4 Å². The number of sulfonamides is 1. The van der Waals surface area contributed by atoms with Crippen molar-refractivity contribution < 1.29 is 27.7 Å². The molecule has 1 unspecified atom stereocenters. The Hall–Kier alpha value is -4.65. The van der Waals surface area contributed by atoms with Crippen molar-refractivity contribution in [1.82, 2.24) is 10.2 Å². The summed E-state index contributed by atoms with van der Waals surface area (Å²) >= 11 is 12.5. The molecule has 0 saturated carbocycles. The van der Waals surface area contributed by atoms with Gasteiger partial charge in [0, 0.05) is 30.6 Å². The number of carbonyl (C=O) groups is 2. The van der Waals surface area contributed by atoms with Gasteiger partial charge in [-0.1, -0.05) is 65.7 Å². The van der Waals surface area contributed by atoms with Gasteiger partial charge in [-0.15, -0.1) is 0 Å². The molecule has 2 amide bonds. The molecular weight excluding hydrogens is 691 g/mol. The molecule has 4 rings (SSSR count). The molecule has 11 nitrogen and oxygen atoms in total. The van der Waals surface area contributed by atoms with E-state index >= 15 is 0 Å². The van der Waals surface area contributed by atoms with Gasteiger partial charge >= 0.3 is 0 Å². The Kier molecular flexibility index (Phi) is 12.3. The predicted molar refractivity (Wildman–Crippen MR) is 190 cm³/mol. The summed E-state index contributed by atoms with van der Waals surface area (Å²) in [6.07, 6.45) is 0.117. The minimum atomic E-state index is -4.58. The Bertz CT molecular complexity index is 1920. The zero-order valence-electron chi connectivity index (χ0n) is 27.3. The number of nitrogens with zero attached hydrogens (tertiary/aromatic N) is 3. The van der Waals surface area contributed by atoms with E-state index in [-0.39, 0.29) is 40.2 Å². The van der Waals surface area contributed by atoms with Crippen molar-refractivity contribution in [2.75, 3.05) is 18.0 Å². The van der Waals surface area contributed by atoms with E-state index in [1.807, 2.05) is 30.3 Å². The van der Waals surface area contributed by atoms with Crippen LogP contribution in [0, 0.1) is 17.0 Å². The van der Waals surface area contributed by atoms with Gasteiger partial charge in [0.05, 0.1) is 32.7 Å². The molecule has 4 aromatic rings. The topological polar surface area (TPSA) is 139 Å². The molecule has 0 fully saturated rings. The van der Waals surface area contributed by atoms with Gasteiger partial charge in [0.1, 0.15) is 18.3 Å². The van der Waals surface area contributed by atoms with Crippen LogP contribution in [0.15, 0.2) is 95.9 Å². The lowest BCUT2D eigenvalue weighted by Gasteiger charge is -2.34. The maximum atomic E-state index is 14.6. The summed E-state index contributed by atoms with van der Waals surface area (Å²) in [5, 5.41) is 15.2. The second-order valence-corrected chi connectivity index (χ2v) is 14.2. The number of carbonyl (C=O) groups excluding carboxylic acids is 2. The van der Waals surface area contributed by atoms with Gasteiger partial charge in [-0.05, 0) is 74.4 Å². The van der Waals surface area contributed by atoms with Gasteiger partial charge < -0.3 is 15.0 Å². The highest BCUT2D eigenvalue weighted by Crippen LogP contribution is 2.30. The predicted octanol–water partition coefficient (Wildman–Crippen LogP) is 6.58. The van der Waals surface area contributed by atoms with Crippen molar-refractivity contribution in [3.05, 3.63) is 128 Å². The molecule has 258 valence electrons. The summed E-state index contributed by atoms with van der Waals surface area (Å²) < 4.78 is 34.7. The maximum Gasteiger partial charge on any atom is 0.273 e. The third-order valence-electron chi connectivity index (χ3n) is 7.64. The third-order valence-corrected chi connectivity index (χ3v) is 10.2. The molecule has 0 bridgehead atoms. The van der Waals surface area contributed by atoms with Crippen molar-refractivity contribution in [2.24, 2.45) is 0 Å². The number of ether oxygens (including phenoxy) is 1. The molecule has 0 saturated heterocycles. The number of anilines is 1. The van der Waals surface area contributed by atoms with Gasteiger partial charge in [-0.3, -0.25) is 24.0 Å². The summed E-state index contributed by atoms with van der Waals surface area (Å²) in [5.41, 5.74) is 1.29. The van der Waals surface area contributed by atoms with Gasteiger partial charge in [-0.25, -0.2) is 8.42 Å². The molecule has 0 radical (unpaired) electrons. The Labute approximate surface area is 295 Å². The van der Waals surface area contributed by atoms with Crippen LogP contribution in [0.3, 0.4) is 0 Å². The zero-order valence-corrected chi connectivity index (χ0v) is 29.6. The average molecular weight is 728 g/mol. The van der Waals surface area contributed by atoms with Crippen molar-refractivity contribution in [3.8, 4) is 5.75 Å². The van der Waals surface area contributed by atoms with Crippen molar-refractivity contribution in [1.29, 1.82) is 0 Å². The Morgan fingerprint density at radius 3 is 2.18 bits per heavy atom. The lowest BCUT2D eigenvalue weighted by Crippen LogP contribution is -2.54. The fourth-order valence-electron chi connectivity index (χ4n) is 5.12. The summed E-state index contributed by atoms with van der Waals surface area (Å²) in [5.74, 6) is -0.722. The first-order chi connectivity index (χ1) is 23.2. The smallest absolute Gasteiger partial charge is 0.273 e. The molecule has 0 spiro atoms. The number of aryl methyl sites for hydroxylation is 1. The Morgan fingerprint density at radius 1 is 0.918 bits per heavy atom. The highest BCUT2D eigenvalue weighted by molar-refractivity contribution is 7.92. The first-order valence-electron chi connectivity index (χ1n) is 15.2. The van der Waals surface area contributed by atoms with E-state index in [1.165, 1.54) is 55.3 Å². The van der Waals surface area contributed by atoms with Gasteiger partial charge in [0.25, 0.3) is 15.7 Å². The van der Waals surface area contributed by atoms with Crippen LogP contribution in [0.1, 0.15) is 30.5 Å². The van der Waals surface area contributed by atoms with Crippen LogP contribution >= 0.6 is 23.2 Å². The van der Waals surface area contributed by atoms with E-state index in [4.69, 9.17) is 27.9 Å². The Morgan fingerprint density at radius 2 is 1.59 bits per heavy atom. The number of amides is 2. The molecule has 0 aliphatic carbocycles. The quantitative estimate of drug-likeness (QED) is 0.114. The molecule has 0 aliphatic rings. The van der Waals surface area contributed by atoms with E-state index in [1.54, 1.807) is 32.0 Å². The molecule has 1 N–H and O–H groups in total. The first-order valence-corrected chi connectivity index (χ1v) is 17.4. The van der Waals surface area contributed by atoms with E-state index in [0.29, 0.717) is 16.3 Å². The summed E-state index contributed by atoms with van der Waals surface area (Å²) in [6, 6.07) is 22.1. The number of nitro benzene ring substituents is 1. The number of rotatable bonds is 14. The van der Waals surface area contributed by atoms with Crippen LogP contribution in [-0.2, 0) is 32.6 Å². The third kappa shape index (κ3) is 9.28. The van der Waals surface area contributed by atoms with Crippen molar-refractivity contribution >= 4 is 56.4 Å². The number of methoxy groups -OCH3 is 1. The molecule has 0 aromatic heterocycles. The van der Waals surface area contributed by atoms with E-state index in [2.05, 4.69) is 5.32 Å². The fourth-order valence-corrected chi connectivity index (χ4v) is 6.88. The molecule has 14 heteroatoms. The second-order valence-electron chi connectivity index (χ2n) is 11.6. The number of halogens is 2. The standard InChI is InChI=1S/C35H36Cl2N4O7S/c1-23(2)38-35(43)33(19-25-8-6-5-7-9-25)39(21-26-11-17-30(36)31(37)18-26)34(42)22-40(27-12-14-28(48-4)15-13-27)49(46,47)29-16-10-24(3)32(20-29)41(44)45/h5-18,20,23,33H,19,21-22H2,1-4H3,(H,38,43). The lowest BCUT2D eigenvalue weighted by molar-refractivity contribution is -0.385. The van der Waals surface area contributed by atoms with Crippen LogP contribution in [-0.4, -0.2) is 55.8 Å². The number of hydrogen-bond acceptors (Lipinski definition) is 7. The highest BCUT2D eigenvalue weighted by Gasteiger charge is 2.35. The average Bonchev–Trinajstić information content (AvgIpc) is 3.06. The number of nitro groups is 1. The van der Waals surface area contributed by atoms with Crippen LogP contribution in [0.25, 0.3) is 0 Å². The van der Waals surface area contributed by atoms with Crippen LogP contribution in [0.2, 0.25) is 10.0 Å². The number of hydrogen-bond donors (Lipinski definition) is 1. The van der Waals surface area contributed by atoms with Gasteiger partial charge in [0.15, 0.2) is 0 Å². The minimum absolute atomic E-state index is 0.0955. The van der Waals surface area contributed by atoms with Crippen LogP contribution < -0.4 is 14.4 Å². The first kappa shape index (κ1) is 37.2. The fraction of sp³-hybridized carbons (Fsp3) is 0.257. The summed E-state index contributed by atoms with van der Waals surface area (Å²) in [4.78, 5) is 40.4. The SMILES string of the molecule is COc1ccc(N(CC(=O)N(Cc2ccc(Cl)c(Cl)c2)C(Cc2ccccc2)C(=O)NC(C)C)S(=O)(=O)c2ccc(C)c([N+](=O)[O-])c2)cc1. The summed E-state index contributed by atoms with van der Waals surface area (Å²) in [7, 11) is -3.13. The highest BCUT2D eigenvalue weighted by atomic mass is 35.5. The molecular formula is C35H36Cl2N4O7S.